The van der Waals surface area contributed by atoms with Gasteiger partial charge in [0, 0.05) is 45.7 Å². The summed E-state index contributed by atoms with van der Waals surface area (Å²) in [5.74, 6) is -0.260. The minimum Gasteiger partial charge on any atom is -0.469 e. The van der Waals surface area contributed by atoms with Crippen LogP contribution in [0.2, 0.25) is 0 Å². The Labute approximate surface area is 119 Å². The molecule has 0 aromatic rings. The van der Waals surface area contributed by atoms with E-state index in [0.717, 1.165) is 26.2 Å². The SMILES string of the molecule is COC(=O)CCCNC(=O)CN1CCN(CCO)CC1. The Bertz CT molecular complexity index is 304. The highest BCUT2D eigenvalue weighted by Crippen LogP contribution is 2.00. The van der Waals surface area contributed by atoms with Gasteiger partial charge in [-0.25, -0.2) is 0 Å². The molecule has 0 aromatic heterocycles. The van der Waals surface area contributed by atoms with Crippen LogP contribution in [0.25, 0.3) is 0 Å². The van der Waals surface area contributed by atoms with Crippen LogP contribution in [-0.4, -0.2) is 86.3 Å². The third kappa shape index (κ3) is 6.83. The molecule has 0 spiro atoms. The number of methoxy groups -OCH3 is 1. The fraction of sp³-hybridized carbons (Fsp3) is 0.846. The second kappa shape index (κ2) is 9.68. The maximum atomic E-state index is 11.7. The van der Waals surface area contributed by atoms with Crippen molar-refractivity contribution in [2.75, 3.05) is 59.5 Å². The molecule has 1 aliphatic rings. The number of nitrogens with zero attached hydrogens (tertiary/aromatic N) is 2. The van der Waals surface area contributed by atoms with Gasteiger partial charge >= 0.3 is 5.97 Å². The molecule has 0 saturated carbocycles. The van der Waals surface area contributed by atoms with Gasteiger partial charge in [-0.3, -0.25) is 19.4 Å². The first kappa shape index (κ1) is 16.9. The molecular formula is C13H25N3O4. The first-order valence-electron chi connectivity index (χ1n) is 7.04. The van der Waals surface area contributed by atoms with Crippen molar-refractivity contribution >= 4 is 11.9 Å². The summed E-state index contributed by atoms with van der Waals surface area (Å²) >= 11 is 0. The smallest absolute Gasteiger partial charge is 0.305 e. The van der Waals surface area contributed by atoms with Gasteiger partial charge in [-0.2, -0.15) is 0 Å². The Morgan fingerprint density at radius 1 is 1.20 bits per heavy atom. The summed E-state index contributed by atoms with van der Waals surface area (Å²) in [5.41, 5.74) is 0. The molecule has 7 heteroatoms. The van der Waals surface area contributed by atoms with Crippen molar-refractivity contribution in [3.8, 4) is 0 Å². The highest BCUT2D eigenvalue weighted by atomic mass is 16.5. The standard InChI is InChI=1S/C13H25N3O4/c1-20-13(19)3-2-4-14-12(18)11-16-7-5-15(6-8-16)9-10-17/h17H,2-11H2,1H3,(H,14,18). The van der Waals surface area contributed by atoms with Gasteiger partial charge in [0.25, 0.3) is 0 Å². The molecule has 0 aliphatic carbocycles. The highest BCUT2D eigenvalue weighted by molar-refractivity contribution is 5.78. The normalized spacial score (nSPS) is 16.9. The first-order valence-corrected chi connectivity index (χ1v) is 7.04. The number of piperazine rings is 1. The molecule has 1 amide bonds. The molecule has 0 unspecified atom stereocenters. The Hall–Kier alpha value is -1.18. The van der Waals surface area contributed by atoms with Crippen LogP contribution in [-0.2, 0) is 14.3 Å². The summed E-state index contributed by atoms with van der Waals surface area (Å²) in [6.45, 7) is 5.23. The number of esters is 1. The summed E-state index contributed by atoms with van der Waals surface area (Å²) in [6.07, 6.45) is 0.930. The van der Waals surface area contributed by atoms with E-state index in [1.54, 1.807) is 0 Å². The average Bonchev–Trinajstić information content (AvgIpc) is 2.45. The minimum absolute atomic E-state index is 0.00882. The zero-order valence-electron chi connectivity index (χ0n) is 12.1. The maximum Gasteiger partial charge on any atom is 0.305 e. The van der Waals surface area contributed by atoms with Gasteiger partial charge in [0.15, 0.2) is 0 Å². The van der Waals surface area contributed by atoms with Gasteiger partial charge in [0.1, 0.15) is 0 Å². The zero-order valence-corrected chi connectivity index (χ0v) is 12.1. The van der Waals surface area contributed by atoms with Crippen LogP contribution < -0.4 is 5.32 Å². The third-order valence-electron chi connectivity index (χ3n) is 3.36. The monoisotopic (exact) mass is 287 g/mol. The number of aliphatic hydroxyl groups excluding tert-OH is 1. The maximum absolute atomic E-state index is 11.7. The number of nitrogens with one attached hydrogen (secondary N) is 1. The van der Waals surface area contributed by atoms with E-state index >= 15 is 0 Å². The van der Waals surface area contributed by atoms with E-state index in [1.807, 2.05) is 0 Å². The number of β-amino-alcohol motifs (C(OH)–C–C–N with tert-alkyl or cyclic N) is 1. The number of ether oxygens (including phenoxy) is 1. The lowest BCUT2D eigenvalue weighted by Gasteiger charge is -2.33. The largest absolute Gasteiger partial charge is 0.469 e. The van der Waals surface area contributed by atoms with Crippen molar-refractivity contribution < 1.29 is 19.4 Å². The number of hydrogen-bond acceptors (Lipinski definition) is 6. The summed E-state index contributed by atoms with van der Waals surface area (Å²) in [4.78, 5) is 26.9. The Morgan fingerprint density at radius 2 is 1.85 bits per heavy atom. The molecule has 2 N–H and O–H groups in total. The topological polar surface area (TPSA) is 82.1 Å². The van der Waals surface area contributed by atoms with Crippen LogP contribution in [0.4, 0.5) is 0 Å². The van der Waals surface area contributed by atoms with E-state index in [-0.39, 0.29) is 18.5 Å². The van der Waals surface area contributed by atoms with Crippen LogP contribution in [0.1, 0.15) is 12.8 Å². The predicted molar refractivity (Wildman–Crippen MR) is 74.2 cm³/mol. The first-order chi connectivity index (χ1) is 9.65. The fourth-order valence-corrected chi connectivity index (χ4v) is 2.13. The Kier molecular flexibility index (Phi) is 8.17. The van der Waals surface area contributed by atoms with Crippen molar-refractivity contribution in [2.24, 2.45) is 0 Å². The van der Waals surface area contributed by atoms with Crippen LogP contribution in [0, 0.1) is 0 Å². The third-order valence-corrected chi connectivity index (χ3v) is 3.36. The van der Waals surface area contributed by atoms with Crippen molar-refractivity contribution in [1.82, 2.24) is 15.1 Å². The van der Waals surface area contributed by atoms with E-state index in [0.29, 0.717) is 32.5 Å². The summed E-state index contributed by atoms with van der Waals surface area (Å²) < 4.78 is 4.53. The van der Waals surface area contributed by atoms with Crippen LogP contribution in [0.5, 0.6) is 0 Å². The molecular weight excluding hydrogens is 262 g/mol. The number of carbonyl (C=O) groups excluding carboxylic acids is 2. The molecule has 1 saturated heterocycles. The lowest BCUT2D eigenvalue weighted by Crippen LogP contribution is -2.50. The van der Waals surface area contributed by atoms with Crippen molar-refractivity contribution in [3.05, 3.63) is 0 Å². The van der Waals surface area contributed by atoms with Gasteiger partial charge < -0.3 is 15.2 Å². The molecule has 1 heterocycles. The fourth-order valence-electron chi connectivity index (χ4n) is 2.13. The van der Waals surface area contributed by atoms with E-state index in [9.17, 15) is 9.59 Å². The molecule has 0 atom stereocenters. The Balaban J connectivity index is 2.07. The van der Waals surface area contributed by atoms with Gasteiger partial charge in [-0.05, 0) is 6.42 Å². The molecule has 1 aliphatic heterocycles. The minimum atomic E-state index is -0.251. The van der Waals surface area contributed by atoms with E-state index in [2.05, 4.69) is 19.9 Å². The molecule has 1 rings (SSSR count). The number of amides is 1. The summed E-state index contributed by atoms with van der Waals surface area (Å²) in [7, 11) is 1.36. The van der Waals surface area contributed by atoms with E-state index in [1.165, 1.54) is 7.11 Å². The molecule has 0 aromatic carbocycles. The Morgan fingerprint density at radius 3 is 2.45 bits per heavy atom. The number of carbonyl (C=O) groups is 2. The second-order valence-corrected chi connectivity index (χ2v) is 4.87. The van der Waals surface area contributed by atoms with Gasteiger partial charge in [-0.15, -0.1) is 0 Å². The summed E-state index contributed by atoms with van der Waals surface area (Å²) in [5, 5.41) is 11.7. The molecule has 0 bridgehead atoms. The van der Waals surface area contributed by atoms with Crippen LogP contribution in [0.15, 0.2) is 0 Å². The predicted octanol–water partition coefficient (Wildman–Crippen LogP) is -1.33. The second-order valence-electron chi connectivity index (χ2n) is 4.87. The molecule has 7 nitrogen and oxygen atoms in total. The zero-order chi connectivity index (χ0) is 14.8. The van der Waals surface area contributed by atoms with Crippen LogP contribution in [0.3, 0.4) is 0 Å². The molecule has 116 valence electrons. The van der Waals surface area contributed by atoms with Gasteiger partial charge in [-0.1, -0.05) is 0 Å². The number of hydrogen-bond donors (Lipinski definition) is 2. The lowest BCUT2D eigenvalue weighted by atomic mass is 10.3. The van der Waals surface area contributed by atoms with Crippen molar-refractivity contribution in [2.45, 2.75) is 12.8 Å². The molecule has 1 fully saturated rings. The van der Waals surface area contributed by atoms with Gasteiger partial charge in [0.05, 0.1) is 20.3 Å². The average molecular weight is 287 g/mol. The van der Waals surface area contributed by atoms with E-state index in [4.69, 9.17) is 5.11 Å². The molecule has 20 heavy (non-hydrogen) atoms. The quantitative estimate of drug-likeness (QED) is 0.425. The number of aliphatic hydroxyl groups is 1. The number of rotatable bonds is 8. The molecule has 0 radical (unpaired) electrons. The highest BCUT2D eigenvalue weighted by Gasteiger charge is 2.18. The van der Waals surface area contributed by atoms with Crippen LogP contribution >= 0.6 is 0 Å². The lowest BCUT2D eigenvalue weighted by molar-refractivity contribution is -0.140. The van der Waals surface area contributed by atoms with E-state index < -0.39 is 0 Å². The van der Waals surface area contributed by atoms with Crippen molar-refractivity contribution in [3.63, 3.8) is 0 Å². The summed E-state index contributed by atoms with van der Waals surface area (Å²) in [6, 6.07) is 0. The van der Waals surface area contributed by atoms with Gasteiger partial charge in [0.2, 0.25) is 5.91 Å². The van der Waals surface area contributed by atoms with Crippen molar-refractivity contribution in [1.29, 1.82) is 0 Å².